The Morgan fingerprint density at radius 2 is 1.80 bits per heavy atom. The topological polar surface area (TPSA) is 116 Å². The molecule has 8 nitrogen and oxygen atoms in total. The van der Waals surface area contributed by atoms with Crippen LogP contribution in [0.15, 0.2) is 71.7 Å². The number of halogens is 1. The van der Waals surface area contributed by atoms with Crippen molar-refractivity contribution in [1.82, 2.24) is 20.2 Å². The maximum absolute atomic E-state index is 13.6. The first-order valence-electron chi connectivity index (χ1n) is 10.4. The number of nitrogens with one attached hydrogen (secondary N) is 2. The second kappa shape index (κ2) is 11.3. The van der Waals surface area contributed by atoms with E-state index in [0.29, 0.717) is 11.1 Å². The van der Waals surface area contributed by atoms with Crippen LogP contribution in [-0.2, 0) is 13.1 Å². The van der Waals surface area contributed by atoms with E-state index in [4.69, 9.17) is 0 Å². The maximum Gasteiger partial charge on any atom is 1.00 e. The second-order valence-corrected chi connectivity index (χ2v) is 7.52. The first-order valence-corrected chi connectivity index (χ1v) is 10.4. The number of amides is 2. The molecule has 0 aliphatic rings. The van der Waals surface area contributed by atoms with Crippen molar-refractivity contribution in [3.63, 3.8) is 0 Å². The fourth-order valence-electron chi connectivity index (χ4n) is 3.69. The van der Waals surface area contributed by atoms with Gasteiger partial charge in [0.05, 0.1) is 23.1 Å². The monoisotopic (exact) mass is 482 g/mol. The van der Waals surface area contributed by atoms with Crippen LogP contribution in [0, 0.1) is 5.82 Å². The van der Waals surface area contributed by atoms with Gasteiger partial charge in [0.1, 0.15) is 5.82 Å². The minimum atomic E-state index is -0.906. The summed E-state index contributed by atoms with van der Waals surface area (Å²) in [7, 11) is 1.40. The van der Waals surface area contributed by atoms with Gasteiger partial charge in [0.25, 0.3) is 17.4 Å². The van der Waals surface area contributed by atoms with Gasteiger partial charge in [-0.15, -0.1) is 0 Å². The van der Waals surface area contributed by atoms with Crippen LogP contribution in [0.2, 0.25) is 0 Å². The quantitative estimate of drug-likeness (QED) is 0.341. The number of pyridine rings is 2. The van der Waals surface area contributed by atoms with Crippen LogP contribution in [0.4, 0.5) is 4.39 Å². The van der Waals surface area contributed by atoms with Crippen LogP contribution in [0.5, 0.6) is 5.75 Å². The summed E-state index contributed by atoms with van der Waals surface area (Å²) in [5.74, 6) is -2.84. The molecular weight excluding hydrogens is 462 g/mol. The number of carbonyl (C=O) groups excluding carboxylic acids is 2. The summed E-state index contributed by atoms with van der Waals surface area (Å²) in [6.07, 6.45) is 1.41. The number of fused-ring (bicyclic) bond motifs is 1. The molecule has 0 aliphatic heterocycles. The molecule has 0 unspecified atom stereocenters. The summed E-state index contributed by atoms with van der Waals surface area (Å²) in [6.45, 7) is -0.0547. The zero-order valence-corrected chi connectivity index (χ0v) is 21.2. The van der Waals surface area contributed by atoms with Gasteiger partial charge < -0.3 is 20.3 Å². The first-order chi connectivity index (χ1) is 16.4. The molecule has 2 aromatic carbocycles. The molecule has 4 rings (SSSR count). The number of benzene rings is 2. The van der Waals surface area contributed by atoms with E-state index in [0.717, 1.165) is 17.7 Å². The van der Waals surface area contributed by atoms with E-state index in [1.54, 1.807) is 12.1 Å². The third-order valence-corrected chi connectivity index (χ3v) is 5.37. The molecule has 0 bridgehead atoms. The largest absolute Gasteiger partial charge is 1.00 e. The van der Waals surface area contributed by atoms with Crippen molar-refractivity contribution < 1.29 is 48.6 Å². The van der Waals surface area contributed by atoms with E-state index in [9.17, 15) is 23.9 Å². The number of hydrogen-bond donors (Lipinski definition) is 2. The molecule has 2 amide bonds. The van der Waals surface area contributed by atoms with E-state index in [-0.39, 0.29) is 53.7 Å². The van der Waals surface area contributed by atoms with Crippen LogP contribution in [0.1, 0.15) is 31.8 Å². The molecule has 2 aromatic heterocycles. The fourth-order valence-corrected chi connectivity index (χ4v) is 3.69. The van der Waals surface area contributed by atoms with Gasteiger partial charge in [-0.25, -0.2) is 4.39 Å². The molecular formula is C25H20FN4NaO4. The molecule has 0 spiro atoms. The van der Waals surface area contributed by atoms with Crippen molar-refractivity contribution >= 4 is 22.8 Å². The van der Waals surface area contributed by atoms with Gasteiger partial charge in [0.15, 0.2) is 0 Å². The molecule has 35 heavy (non-hydrogen) atoms. The van der Waals surface area contributed by atoms with Gasteiger partial charge in [-0.05, 0) is 35.4 Å². The van der Waals surface area contributed by atoms with Crippen molar-refractivity contribution in [2.75, 3.05) is 7.05 Å². The molecule has 0 atom stereocenters. The third-order valence-electron chi connectivity index (χ3n) is 5.37. The number of carbonyl (C=O) groups is 2. The Balaban J connectivity index is 0.00000342. The normalized spacial score (nSPS) is 10.5. The van der Waals surface area contributed by atoms with Gasteiger partial charge in [-0.3, -0.25) is 19.4 Å². The van der Waals surface area contributed by atoms with E-state index >= 15 is 0 Å². The van der Waals surface area contributed by atoms with Crippen molar-refractivity contribution in [3.05, 3.63) is 105 Å². The number of rotatable bonds is 6. The predicted octanol–water partition coefficient (Wildman–Crippen LogP) is -1.05. The van der Waals surface area contributed by atoms with Crippen LogP contribution < -0.4 is 50.9 Å². The Morgan fingerprint density at radius 3 is 2.51 bits per heavy atom. The van der Waals surface area contributed by atoms with Crippen LogP contribution in [0.3, 0.4) is 0 Å². The number of aromatic nitrogens is 2. The van der Waals surface area contributed by atoms with Gasteiger partial charge >= 0.3 is 29.6 Å². The maximum atomic E-state index is 13.6. The Morgan fingerprint density at radius 1 is 1.06 bits per heavy atom. The zero-order valence-electron chi connectivity index (χ0n) is 19.2. The summed E-state index contributed by atoms with van der Waals surface area (Å²) in [5.41, 5.74) is 0.149. The van der Waals surface area contributed by atoms with Crippen molar-refractivity contribution in [1.29, 1.82) is 0 Å². The van der Waals surface area contributed by atoms with Crippen molar-refractivity contribution in [3.8, 4) is 5.75 Å². The van der Waals surface area contributed by atoms with Gasteiger partial charge in [0, 0.05) is 25.4 Å². The standard InChI is InChI=1S/C25H21FN4O4.Na/c1-27-23(32)18-12-17(26)10-9-16(18)13-29-24(33)20-22(31)21-19(8-5-11-28-21)30(25(20)34)14-15-6-3-2-4-7-15;/h2-12,31H,13-14H2,1H3,(H,27,32)(H,29,33);/q;+1/p-1. The Hall–Kier alpha value is -3.53. The van der Waals surface area contributed by atoms with Gasteiger partial charge in [-0.1, -0.05) is 42.1 Å². The number of nitrogens with zero attached hydrogens (tertiary/aromatic N) is 2. The molecule has 0 fully saturated rings. The summed E-state index contributed by atoms with van der Waals surface area (Å²) in [4.78, 5) is 42.5. The fraction of sp³-hybridized carbons (Fsp3) is 0.120. The zero-order chi connectivity index (χ0) is 24.2. The van der Waals surface area contributed by atoms with E-state index < -0.39 is 34.5 Å². The molecule has 2 heterocycles. The first kappa shape index (κ1) is 26.1. The Labute approximate surface area is 222 Å². The second-order valence-electron chi connectivity index (χ2n) is 7.52. The molecule has 0 radical (unpaired) electrons. The summed E-state index contributed by atoms with van der Waals surface area (Å²) < 4.78 is 15.0. The molecule has 4 aromatic rings. The van der Waals surface area contributed by atoms with Crippen molar-refractivity contribution in [2.45, 2.75) is 13.1 Å². The molecule has 0 saturated carbocycles. The average Bonchev–Trinajstić information content (AvgIpc) is 2.86. The SMILES string of the molecule is CNC(=O)c1cc(F)ccc1CNC(=O)c1c([O-])c2ncccc2n(Cc2ccccc2)c1=O.[Na+]. The number of hydrogen-bond acceptors (Lipinski definition) is 5. The molecule has 10 heteroatoms. The minimum Gasteiger partial charge on any atom is -0.870 e. The predicted molar refractivity (Wildman–Crippen MR) is 122 cm³/mol. The van der Waals surface area contributed by atoms with E-state index in [1.807, 2.05) is 30.3 Å². The average molecular weight is 482 g/mol. The van der Waals surface area contributed by atoms with Gasteiger partial charge in [0.2, 0.25) is 0 Å². The molecule has 0 aliphatic carbocycles. The molecule has 2 N–H and O–H groups in total. The van der Waals surface area contributed by atoms with Crippen LogP contribution in [0.25, 0.3) is 11.0 Å². The summed E-state index contributed by atoms with van der Waals surface area (Å²) in [6, 6.07) is 15.9. The van der Waals surface area contributed by atoms with E-state index in [1.165, 1.54) is 23.9 Å². The summed E-state index contributed by atoms with van der Waals surface area (Å²) >= 11 is 0. The van der Waals surface area contributed by atoms with Crippen LogP contribution >= 0.6 is 0 Å². The van der Waals surface area contributed by atoms with E-state index in [2.05, 4.69) is 15.6 Å². The molecule has 172 valence electrons. The van der Waals surface area contributed by atoms with Gasteiger partial charge in [-0.2, -0.15) is 0 Å². The Bertz CT molecular complexity index is 1460. The minimum absolute atomic E-state index is 0. The smallest absolute Gasteiger partial charge is 0.870 e. The van der Waals surface area contributed by atoms with Crippen molar-refractivity contribution in [2.24, 2.45) is 0 Å². The van der Waals surface area contributed by atoms with Crippen LogP contribution in [-0.4, -0.2) is 28.4 Å². The third kappa shape index (κ3) is 5.43. The summed E-state index contributed by atoms with van der Waals surface area (Å²) in [5, 5.41) is 17.9. The Kier molecular flexibility index (Phi) is 8.39. The molecule has 0 saturated heterocycles.